The van der Waals surface area contributed by atoms with Gasteiger partial charge in [0, 0.05) is 26.2 Å². The molecule has 116 valence electrons. The van der Waals surface area contributed by atoms with Gasteiger partial charge in [-0.1, -0.05) is 30.3 Å². The van der Waals surface area contributed by atoms with Gasteiger partial charge in [-0.15, -0.1) is 0 Å². The average Bonchev–Trinajstić information content (AvgIpc) is 2.54. The number of hydrogen-bond acceptors (Lipinski definition) is 3. The highest BCUT2D eigenvalue weighted by atomic mass is 16.2. The van der Waals surface area contributed by atoms with Crippen molar-refractivity contribution in [1.82, 2.24) is 15.1 Å². The minimum absolute atomic E-state index is 0.0464. The zero-order chi connectivity index (χ0) is 15.2. The van der Waals surface area contributed by atoms with Crippen LogP contribution >= 0.6 is 0 Å². The van der Waals surface area contributed by atoms with Crippen molar-refractivity contribution in [1.29, 1.82) is 0 Å². The van der Waals surface area contributed by atoms with Crippen LogP contribution in [0, 0.1) is 0 Å². The Kier molecular flexibility index (Phi) is 5.76. The lowest BCUT2D eigenvalue weighted by atomic mass is 10.0. The molecule has 2 atom stereocenters. The maximum absolute atomic E-state index is 12.6. The van der Waals surface area contributed by atoms with Gasteiger partial charge in [-0.25, -0.2) is 0 Å². The van der Waals surface area contributed by atoms with Crippen LogP contribution in [-0.2, 0) is 11.3 Å². The number of carbonyl (C=O) groups excluding carboxylic acids is 1. The average molecular weight is 289 g/mol. The lowest BCUT2D eigenvalue weighted by molar-refractivity contribution is -0.136. The minimum atomic E-state index is -0.0464. The monoisotopic (exact) mass is 289 g/mol. The molecule has 0 saturated carbocycles. The Balaban J connectivity index is 1.92. The second-order valence-electron chi connectivity index (χ2n) is 5.98. The molecule has 21 heavy (non-hydrogen) atoms. The van der Waals surface area contributed by atoms with Gasteiger partial charge >= 0.3 is 0 Å². The molecule has 0 bridgehead atoms. The second kappa shape index (κ2) is 7.57. The Hall–Kier alpha value is -1.39. The van der Waals surface area contributed by atoms with Gasteiger partial charge in [-0.2, -0.15) is 0 Å². The summed E-state index contributed by atoms with van der Waals surface area (Å²) in [7, 11) is 3.90. The number of nitrogens with one attached hydrogen (secondary N) is 1. The van der Waals surface area contributed by atoms with Gasteiger partial charge in [0.2, 0.25) is 5.91 Å². The van der Waals surface area contributed by atoms with Crippen molar-refractivity contribution in [2.75, 3.05) is 27.2 Å². The number of likely N-dealkylation sites (tertiary alicyclic amines) is 1. The van der Waals surface area contributed by atoms with Crippen molar-refractivity contribution in [3.05, 3.63) is 35.9 Å². The van der Waals surface area contributed by atoms with E-state index in [9.17, 15) is 4.79 Å². The van der Waals surface area contributed by atoms with Crippen LogP contribution in [0.15, 0.2) is 30.3 Å². The summed E-state index contributed by atoms with van der Waals surface area (Å²) in [5.74, 6) is 0.204. The molecule has 0 radical (unpaired) electrons. The highest BCUT2D eigenvalue weighted by Crippen LogP contribution is 2.15. The Morgan fingerprint density at radius 3 is 2.81 bits per heavy atom. The van der Waals surface area contributed by atoms with E-state index in [4.69, 9.17) is 0 Å². The predicted octanol–water partition coefficient (Wildman–Crippen LogP) is 1.72. The van der Waals surface area contributed by atoms with Crippen LogP contribution in [0.25, 0.3) is 0 Å². The van der Waals surface area contributed by atoms with E-state index in [1.54, 1.807) is 0 Å². The molecule has 1 saturated heterocycles. The lowest BCUT2D eigenvalue weighted by Crippen LogP contribution is -2.52. The number of rotatable bonds is 5. The Morgan fingerprint density at radius 1 is 1.43 bits per heavy atom. The van der Waals surface area contributed by atoms with Crippen LogP contribution in [-0.4, -0.2) is 55.0 Å². The fourth-order valence-corrected chi connectivity index (χ4v) is 3.00. The van der Waals surface area contributed by atoms with E-state index in [2.05, 4.69) is 22.3 Å². The van der Waals surface area contributed by atoms with E-state index in [-0.39, 0.29) is 11.9 Å². The van der Waals surface area contributed by atoms with Gasteiger partial charge in [-0.05, 0) is 38.9 Å². The van der Waals surface area contributed by atoms with Crippen molar-refractivity contribution < 1.29 is 4.79 Å². The van der Waals surface area contributed by atoms with Gasteiger partial charge in [-0.3, -0.25) is 9.69 Å². The van der Waals surface area contributed by atoms with Gasteiger partial charge in [0.05, 0.1) is 6.04 Å². The Morgan fingerprint density at radius 2 is 2.14 bits per heavy atom. The van der Waals surface area contributed by atoms with E-state index in [1.165, 1.54) is 12.0 Å². The smallest absolute Gasteiger partial charge is 0.239 e. The third-order valence-electron chi connectivity index (χ3n) is 4.40. The topological polar surface area (TPSA) is 35.6 Å². The van der Waals surface area contributed by atoms with E-state index >= 15 is 0 Å². The third-order valence-corrected chi connectivity index (χ3v) is 4.40. The van der Waals surface area contributed by atoms with E-state index in [0.717, 1.165) is 19.5 Å². The first kappa shape index (κ1) is 16.0. The molecule has 1 N–H and O–H groups in total. The quantitative estimate of drug-likeness (QED) is 0.896. The summed E-state index contributed by atoms with van der Waals surface area (Å²) in [5, 5.41) is 3.33. The maximum atomic E-state index is 12.6. The van der Waals surface area contributed by atoms with Crippen molar-refractivity contribution in [2.45, 2.75) is 38.4 Å². The summed E-state index contributed by atoms with van der Waals surface area (Å²) in [4.78, 5) is 16.7. The highest BCUT2D eigenvalue weighted by molar-refractivity contribution is 5.81. The van der Waals surface area contributed by atoms with Crippen LogP contribution in [0.3, 0.4) is 0 Å². The summed E-state index contributed by atoms with van der Waals surface area (Å²) in [6.07, 6.45) is 2.36. The molecule has 1 aromatic rings. The first-order valence-electron chi connectivity index (χ1n) is 7.82. The van der Waals surface area contributed by atoms with Crippen molar-refractivity contribution >= 4 is 5.91 Å². The number of benzene rings is 1. The second-order valence-corrected chi connectivity index (χ2v) is 5.98. The van der Waals surface area contributed by atoms with E-state index < -0.39 is 0 Å². The molecule has 4 heteroatoms. The molecule has 1 fully saturated rings. The van der Waals surface area contributed by atoms with Crippen LogP contribution in [0.4, 0.5) is 0 Å². The molecule has 0 aliphatic carbocycles. The van der Waals surface area contributed by atoms with Crippen molar-refractivity contribution in [3.8, 4) is 0 Å². The van der Waals surface area contributed by atoms with Gasteiger partial charge < -0.3 is 10.2 Å². The van der Waals surface area contributed by atoms with Gasteiger partial charge in [0.25, 0.3) is 0 Å². The number of likely N-dealkylation sites (N-methyl/N-ethyl adjacent to an activating group) is 2. The summed E-state index contributed by atoms with van der Waals surface area (Å²) in [5.41, 5.74) is 1.17. The SMILES string of the molecule is CNC1CCCN(C(C)C(=O)N(C)Cc2ccccc2)C1. The van der Waals surface area contributed by atoms with Crippen LogP contribution in [0.2, 0.25) is 0 Å². The number of carbonyl (C=O) groups is 1. The van der Waals surface area contributed by atoms with Crippen molar-refractivity contribution in [2.24, 2.45) is 0 Å². The molecular formula is C17H27N3O. The molecule has 0 spiro atoms. The molecule has 1 aliphatic heterocycles. The first-order chi connectivity index (χ1) is 10.1. The number of nitrogens with zero attached hydrogens (tertiary/aromatic N) is 2. The van der Waals surface area contributed by atoms with Crippen LogP contribution in [0.1, 0.15) is 25.3 Å². The lowest BCUT2D eigenvalue weighted by Gasteiger charge is -2.37. The normalized spacial score (nSPS) is 21.0. The molecule has 1 aliphatic rings. The number of hydrogen-bond donors (Lipinski definition) is 1. The summed E-state index contributed by atoms with van der Waals surface area (Å²) in [6.45, 7) is 4.68. The predicted molar refractivity (Wildman–Crippen MR) is 86.0 cm³/mol. The molecule has 0 aromatic heterocycles. The summed E-state index contributed by atoms with van der Waals surface area (Å²) >= 11 is 0. The van der Waals surface area contributed by atoms with E-state index in [1.807, 2.05) is 44.1 Å². The standard InChI is InChI=1S/C17H27N3O/c1-14(20-11-7-10-16(13-20)18-2)17(21)19(3)12-15-8-5-4-6-9-15/h4-6,8-9,14,16,18H,7,10-13H2,1-3H3. The Bertz CT molecular complexity index is 449. The fourth-order valence-electron chi connectivity index (χ4n) is 3.00. The molecule has 2 unspecified atom stereocenters. The molecular weight excluding hydrogens is 262 g/mol. The fraction of sp³-hybridized carbons (Fsp3) is 0.588. The highest BCUT2D eigenvalue weighted by Gasteiger charge is 2.28. The van der Waals surface area contributed by atoms with Crippen LogP contribution < -0.4 is 5.32 Å². The van der Waals surface area contributed by atoms with Gasteiger partial charge in [0.1, 0.15) is 0 Å². The molecule has 4 nitrogen and oxygen atoms in total. The third kappa shape index (κ3) is 4.29. The maximum Gasteiger partial charge on any atom is 0.239 e. The molecule has 1 heterocycles. The molecule has 1 amide bonds. The van der Waals surface area contributed by atoms with Crippen molar-refractivity contribution in [3.63, 3.8) is 0 Å². The molecule has 1 aromatic carbocycles. The van der Waals surface area contributed by atoms with Gasteiger partial charge in [0.15, 0.2) is 0 Å². The summed E-state index contributed by atoms with van der Waals surface area (Å²) in [6, 6.07) is 10.6. The first-order valence-corrected chi connectivity index (χ1v) is 7.82. The number of amides is 1. The number of piperidine rings is 1. The summed E-state index contributed by atoms with van der Waals surface area (Å²) < 4.78 is 0. The van der Waals surface area contributed by atoms with E-state index in [0.29, 0.717) is 12.6 Å². The zero-order valence-electron chi connectivity index (χ0n) is 13.4. The Labute approximate surface area is 128 Å². The largest absolute Gasteiger partial charge is 0.340 e. The van der Waals surface area contributed by atoms with Crippen LogP contribution in [0.5, 0.6) is 0 Å². The minimum Gasteiger partial charge on any atom is -0.340 e. The molecule has 2 rings (SSSR count). The zero-order valence-corrected chi connectivity index (χ0v) is 13.4.